The third-order valence-electron chi connectivity index (χ3n) is 4.54. The van der Waals surface area contributed by atoms with Crippen LogP contribution in [0.15, 0.2) is 36.4 Å². The normalized spacial score (nSPS) is 14.4. The van der Waals surface area contributed by atoms with Gasteiger partial charge in [0.05, 0.1) is 18.6 Å². The summed E-state index contributed by atoms with van der Waals surface area (Å²) in [6.45, 7) is 2.15. The average Bonchev–Trinajstić information content (AvgIpc) is 2.67. The highest BCUT2D eigenvalue weighted by Crippen LogP contribution is 2.31. The van der Waals surface area contributed by atoms with Crippen LogP contribution in [0.3, 0.4) is 0 Å². The molecule has 1 aliphatic rings. The Balaban J connectivity index is 1.76. The summed E-state index contributed by atoms with van der Waals surface area (Å²) in [5, 5.41) is 20.6. The summed E-state index contributed by atoms with van der Waals surface area (Å²) in [6.07, 6.45) is 0. The molecule has 138 valence electrons. The van der Waals surface area contributed by atoms with Crippen LogP contribution in [-0.2, 0) is 6.61 Å². The van der Waals surface area contributed by atoms with E-state index in [-0.39, 0.29) is 18.0 Å². The smallest absolute Gasteiger partial charge is 0.292 e. The summed E-state index contributed by atoms with van der Waals surface area (Å²) in [4.78, 5) is 14.8. The van der Waals surface area contributed by atoms with Gasteiger partial charge in [0.25, 0.3) is 5.69 Å². The standard InChI is InChI=1S/C18H20FN3O4/c1-26-18-5-3-14(11-15(18)19)20-6-8-21(9-7-20)17-10-13(12-23)2-4-16(17)22(24)25/h2-5,10-11,23H,6-9,12H2,1H3. The Kier molecular flexibility index (Phi) is 5.22. The largest absolute Gasteiger partial charge is 0.494 e. The lowest BCUT2D eigenvalue weighted by Gasteiger charge is -2.37. The van der Waals surface area contributed by atoms with Crippen LogP contribution in [-0.4, -0.2) is 43.3 Å². The lowest BCUT2D eigenvalue weighted by molar-refractivity contribution is -0.384. The van der Waals surface area contributed by atoms with Crippen molar-refractivity contribution in [2.24, 2.45) is 0 Å². The molecule has 2 aromatic carbocycles. The zero-order chi connectivity index (χ0) is 18.7. The number of nitro groups is 1. The third-order valence-corrected chi connectivity index (χ3v) is 4.54. The predicted octanol–water partition coefficient (Wildman–Crippen LogP) is 2.56. The highest BCUT2D eigenvalue weighted by Gasteiger charge is 2.24. The fraction of sp³-hybridized carbons (Fsp3) is 0.333. The molecule has 0 unspecified atom stereocenters. The molecule has 0 aliphatic carbocycles. The molecular weight excluding hydrogens is 341 g/mol. The number of anilines is 2. The maximum Gasteiger partial charge on any atom is 0.292 e. The molecular formula is C18H20FN3O4. The third kappa shape index (κ3) is 3.55. The molecule has 0 saturated carbocycles. The first-order valence-corrected chi connectivity index (χ1v) is 8.25. The van der Waals surface area contributed by atoms with Crippen LogP contribution < -0.4 is 14.5 Å². The van der Waals surface area contributed by atoms with Gasteiger partial charge < -0.3 is 19.6 Å². The van der Waals surface area contributed by atoms with Gasteiger partial charge in [-0.15, -0.1) is 0 Å². The molecule has 26 heavy (non-hydrogen) atoms. The van der Waals surface area contributed by atoms with Gasteiger partial charge in [0, 0.05) is 44.0 Å². The van der Waals surface area contributed by atoms with Crippen molar-refractivity contribution in [2.75, 3.05) is 43.1 Å². The molecule has 0 radical (unpaired) electrons. The molecule has 0 bridgehead atoms. The van der Waals surface area contributed by atoms with E-state index in [2.05, 4.69) is 0 Å². The number of ether oxygens (including phenoxy) is 1. The van der Waals surface area contributed by atoms with E-state index in [1.54, 1.807) is 24.3 Å². The van der Waals surface area contributed by atoms with Gasteiger partial charge in [-0.25, -0.2) is 4.39 Å². The molecule has 1 saturated heterocycles. The number of halogens is 1. The fourth-order valence-corrected chi connectivity index (χ4v) is 3.13. The summed E-state index contributed by atoms with van der Waals surface area (Å²) >= 11 is 0. The maximum absolute atomic E-state index is 13.9. The molecule has 7 nitrogen and oxygen atoms in total. The molecule has 1 heterocycles. The molecule has 8 heteroatoms. The SMILES string of the molecule is COc1ccc(N2CCN(c3cc(CO)ccc3[N+](=O)[O-])CC2)cc1F. The number of rotatable bonds is 5. The fourth-order valence-electron chi connectivity index (χ4n) is 3.13. The number of methoxy groups -OCH3 is 1. The highest BCUT2D eigenvalue weighted by molar-refractivity contribution is 5.65. The number of hydrogen-bond acceptors (Lipinski definition) is 6. The van der Waals surface area contributed by atoms with Crippen molar-refractivity contribution >= 4 is 17.1 Å². The van der Waals surface area contributed by atoms with E-state index in [1.165, 1.54) is 19.2 Å². The van der Waals surface area contributed by atoms with E-state index in [0.717, 1.165) is 5.69 Å². The Labute approximate surface area is 150 Å². The van der Waals surface area contributed by atoms with E-state index >= 15 is 0 Å². The van der Waals surface area contributed by atoms with Crippen LogP contribution in [0.4, 0.5) is 21.5 Å². The minimum atomic E-state index is -0.418. The second kappa shape index (κ2) is 7.57. The Morgan fingerprint density at radius 1 is 1.15 bits per heavy atom. The van der Waals surface area contributed by atoms with Crippen molar-refractivity contribution in [1.29, 1.82) is 0 Å². The topological polar surface area (TPSA) is 79.1 Å². The van der Waals surface area contributed by atoms with Gasteiger partial charge in [0.2, 0.25) is 0 Å². The summed E-state index contributed by atoms with van der Waals surface area (Å²) in [6, 6.07) is 9.45. The first-order chi connectivity index (χ1) is 12.5. The van der Waals surface area contributed by atoms with Crippen LogP contribution in [0.2, 0.25) is 0 Å². The van der Waals surface area contributed by atoms with E-state index in [9.17, 15) is 19.6 Å². The molecule has 0 aromatic heterocycles. The number of nitrogens with zero attached hydrogens (tertiary/aromatic N) is 3. The zero-order valence-electron chi connectivity index (χ0n) is 14.4. The molecule has 2 aromatic rings. The van der Waals surface area contributed by atoms with Gasteiger partial charge in [-0.3, -0.25) is 10.1 Å². The second-order valence-electron chi connectivity index (χ2n) is 6.03. The number of aliphatic hydroxyl groups excluding tert-OH is 1. The van der Waals surface area contributed by atoms with Gasteiger partial charge in [0.15, 0.2) is 11.6 Å². The van der Waals surface area contributed by atoms with Gasteiger partial charge in [0.1, 0.15) is 5.69 Å². The number of benzene rings is 2. The molecule has 0 amide bonds. The summed E-state index contributed by atoms with van der Waals surface area (Å²) in [5.41, 5.74) is 1.90. The molecule has 1 N–H and O–H groups in total. The lowest BCUT2D eigenvalue weighted by Crippen LogP contribution is -2.46. The van der Waals surface area contributed by atoms with Crippen LogP contribution in [0.1, 0.15) is 5.56 Å². The number of piperazine rings is 1. The van der Waals surface area contributed by atoms with Crippen molar-refractivity contribution in [3.63, 3.8) is 0 Å². The Morgan fingerprint density at radius 3 is 2.42 bits per heavy atom. The van der Waals surface area contributed by atoms with Crippen LogP contribution in [0.5, 0.6) is 5.75 Å². The van der Waals surface area contributed by atoms with E-state index in [4.69, 9.17) is 4.74 Å². The number of nitro benzene ring substituents is 1. The molecule has 1 aliphatic heterocycles. The Hall–Kier alpha value is -2.87. The average molecular weight is 361 g/mol. The Bertz CT molecular complexity index is 807. The van der Waals surface area contributed by atoms with Gasteiger partial charge in [-0.05, 0) is 29.8 Å². The zero-order valence-corrected chi connectivity index (χ0v) is 14.4. The predicted molar refractivity (Wildman–Crippen MR) is 96.4 cm³/mol. The van der Waals surface area contributed by atoms with Crippen LogP contribution >= 0.6 is 0 Å². The van der Waals surface area contributed by atoms with Crippen LogP contribution in [0.25, 0.3) is 0 Å². The van der Waals surface area contributed by atoms with E-state index < -0.39 is 10.7 Å². The molecule has 3 rings (SSSR count). The minimum Gasteiger partial charge on any atom is -0.494 e. The van der Waals surface area contributed by atoms with E-state index in [1.807, 2.05) is 9.80 Å². The van der Waals surface area contributed by atoms with Crippen molar-refractivity contribution < 1.29 is 19.2 Å². The number of hydrogen-bond donors (Lipinski definition) is 1. The summed E-state index contributed by atoms with van der Waals surface area (Å²) in [7, 11) is 1.42. The summed E-state index contributed by atoms with van der Waals surface area (Å²) < 4.78 is 18.8. The summed E-state index contributed by atoms with van der Waals surface area (Å²) in [5.74, 6) is -0.220. The monoisotopic (exact) mass is 361 g/mol. The van der Waals surface area contributed by atoms with Crippen molar-refractivity contribution in [3.05, 3.63) is 57.9 Å². The highest BCUT2D eigenvalue weighted by atomic mass is 19.1. The quantitative estimate of drug-likeness (QED) is 0.651. The van der Waals surface area contributed by atoms with Gasteiger partial charge in [-0.1, -0.05) is 0 Å². The minimum absolute atomic E-state index is 0.0196. The lowest BCUT2D eigenvalue weighted by atomic mass is 10.1. The van der Waals surface area contributed by atoms with Crippen molar-refractivity contribution in [1.82, 2.24) is 0 Å². The molecule has 0 spiro atoms. The maximum atomic E-state index is 13.9. The first kappa shape index (κ1) is 17.9. The molecule has 1 fully saturated rings. The van der Waals surface area contributed by atoms with Crippen molar-refractivity contribution in [2.45, 2.75) is 6.61 Å². The Morgan fingerprint density at radius 2 is 1.85 bits per heavy atom. The number of aliphatic hydroxyl groups is 1. The molecule has 0 atom stereocenters. The first-order valence-electron chi connectivity index (χ1n) is 8.25. The second-order valence-corrected chi connectivity index (χ2v) is 6.03. The van der Waals surface area contributed by atoms with Gasteiger partial charge >= 0.3 is 0 Å². The van der Waals surface area contributed by atoms with Crippen LogP contribution in [0, 0.1) is 15.9 Å². The van der Waals surface area contributed by atoms with Gasteiger partial charge in [-0.2, -0.15) is 0 Å². The van der Waals surface area contributed by atoms with E-state index in [0.29, 0.717) is 37.4 Å². The van der Waals surface area contributed by atoms with Crippen molar-refractivity contribution in [3.8, 4) is 5.75 Å².